The summed E-state index contributed by atoms with van der Waals surface area (Å²) in [7, 11) is 1.58. The van der Waals surface area contributed by atoms with Gasteiger partial charge < -0.3 is 14.8 Å². The van der Waals surface area contributed by atoms with Crippen LogP contribution < -0.4 is 29.7 Å². The number of thiazole rings is 1. The summed E-state index contributed by atoms with van der Waals surface area (Å²) in [6, 6.07) is 28.6. The Morgan fingerprint density at radius 1 is 0.978 bits per heavy atom. The number of amides is 1. The van der Waals surface area contributed by atoms with E-state index < -0.39 is 6.04 Å². The molecule has 1 amide bonds. The van der Waals surface area contributed by atoms with Crippen LogP contribution in [0.4, 0.5) is 5.69 Å². The van der Waals surface area contributed by atoms with Crippen LogP contribution >= 0.6 is 34.5 Å². The first-order chi connectivity index (χ1) is 21.8. The molecule has 1 aliphatic heterocycles. The van der Waals surface area contributed by atoms with E-state index in [9.17, 15) is 9.59 Å². The molecule has 0 spiro atoms. The third-order valence-corrected chi connectivity index (χ3v) is 8.84. The Kier molecular flexibility index (Phi) is 8.89. The summed E-state index contributed by atoms with van der Waals surface area (Å²) in [5.74, 6) is 0.895. The number of hydrogen-bond acceptors (Lipinski definition) is 6. The molecule has 226 valence electrons. The van der Waals surface area contributed by atoms with E-state index in [4.69, 9.17) is 37.7 Å². The number of fused-ring (bicyclic) bond motifs is 1. The maximum atomic E-state index is 14.1. The largest absolute Gasteiger partial charge is 0.497 e. The van der Waals surface area contributed by atoms with Crippen molar-refractivity contribution >= 4 is 52.2 Å². The van der Waals surface area contributed by atoms with Crippen LogP contribution in [0.15, 0.2) is 118 Å². The fourth-order valence-corrected chi connectivity index (χ4v) is 6.61. The number of methoxy groups -OCH3 is 1. The van der Waals surface area contributed by atoms with Gasteiger partial charge in [0.25, 0.3) is 11.5 Å². The van der Waals surface area contributed by atoms with Crippen LogP contribution in [0.2, 0.25) is 10.0 Å². The lowest BCUT2D eigenvalue weighted by Gasteiger charge is -2.25. The zero-order valence-corrected chi connectivity index (χ0v) is 26.6. The Morgan fingerprint density at radius 2 is 1.76 bits per heavy atom. The van der Waals surface area contributed by atoms with Crippen molar-refractivity contribution < 1.29 is 14.3 Å². The van der Waals surface area contributed by atoms with Crippen molar-refractivity contribution in [2.75, 3.05) is 12.4 Å². The lowest BCUT2D eigenvalue weighted by Crippen LogP contribution is -2.40. The van der Waals surface area contributed by atoms with Crippen molar-refractivity contribution in [3.05, 3.63) is 155 Å². The average molecular weight is 657 g/mol. The second-order valence-corrected chi connectivity index (χ2v) is 12.1. The summed E-state index contributed by atoms with van der Waals surface area (Å²) in [5.41, 5.74) is 3.59. The number of allylic oxidation sites excluding steroid dienone is 1. The Hall–Kier alpha value is -4.63. The minimum absolute atomic E-state index is 0.259. The molecular formula is C35H27Cl2N3O4S. The van der Waals surface area contributed by atoms with Gasteiger partial charge in [0.1, 0.15) is 18.1 Å². The average Bonchev–Trinajstić information content (AvgIpc) is 3.34. The van der Waals surface area contributed by atoms with E-state index in [1.807, 2.05) is 84.9 Å². The Balaban J connectivity index is 1.38. The monoisotopic (exact) mass is 655 g/mol. The molecule has 1 atom stereocenters. The molecule has 45 heavy (non-hydrogen) atoms. The van der Waals surface area contributed by atoms with Gasteiger partial charge in [0, 0.05) is 21.3 Å². The molecule has 5 aromatic rings. The highest BCUT2D eigenvalue weighted by Gasteiger charge is 2.32. The zero-order chi connectivity index (χ0) is 31.5. The number of halogens is 2. The predicted octanol–water partition coefficient (Wildman–Crippen LogP) is 6.77. The van der Waals surface area contributed by atoms with Crippen LogP contribution in [0.5, 0.6) is 11.5 Å². The second-order valence-electron chi connectivity index (χ2n) is 10.3. The van der Waals surface area contributed by atoms with Crippen molar-refractivity contribution in [1.29, 1.82) is 0 Å². The van der Waals surface area contributed by atoms with Gasteiger partial charge in [-0.15, -0.1) is 0 Å². The maximum Gasteiger partial charge on any atom is 0.271 e. The molecule has 7 nitrogen and oxygen atoms in total. The number of ether oxygens (including phenoxy) is 2. The van der Waals surface area contributed by atoms with Crippen LogP contribution in [-0.2, 0) is 11.4 Å². The highest BCUT2D eigenvalue weighted by molar-refractivity contribution is 7.07. The highest BCUT2D eigenvalue weighted by Crippen LogP contribution is 2.32. The smallest absolute Gasteiger partial charge is 0.271 e. The van der Waals surface area contributed by atoms with E-state index in [1.165, 1.54) is 11.3 Å². The second kappa shape index (κ2) is 13.2. The Morgan fingerprint density at radius 3 is 2.53 bits per heavy atom. The van der Waals surface area contributed by atoms with Crippen LogP contribution in [0.25, 0.3) is 6.08 Å². The van der Waals surface area contributed by atoms with Gasteiger partial charge in [-0.25, -0.2) is 4.99 Å². The molecule has 4 aromatic carbocycles. The van der Waals surface area contributed by atoms with Gasteiger partial charge in [-0.1, -0.05) is 83.1 Å². The third-order valence-electron chi connectivity index (χ3n) is 7.27. The summed E-state index contributed by atoms with van der Waals surface area (Å²) in [6.45, 7) is 2.05. The van der Waals surface area contributed by atoms with Gasteiger partial charge in [0.2, 0.25) is 0 Å². The SMILES string of the molecule is COc1cccc([C@H]2C(C(=O)Nc3ccccc3)=C(C)N=c3s/c(=C\c4cccc(OCc5ccc(Cl)cc5Cl)c4)c(=O)n32)c1. The molecule has 0 unspecified atom stereocenters. The number of carbonyl (C=O) groups is 1. The summed E-state index contributed by atoms with van der Waals surface area (Å²) in [6.07, 6.45) is 1.80. The topological polar surface area (TPSA) is 81.9 Å². The Bertz CT molecular complexity index is 2120. The van der Waals surface area contributed by atoms with E-state index in [0.29, 0.717) is 47.8 Å². The third kappa shape index (κ3) is 6.59. The molecule has 0 aliphatic carbocycles. The molecule has 1 N–H and O–H groups in total. The minimum Gasteiger partial charge on any atom is -0.497 e. The highest BCUT2D eigenvalue weighted by atomic mass is 35.5. The first-order valence-corrected chi connectivity index (χ1v) is 15.6. The molecule has 0 radical (unpaired) electrons. The fourth-order valence-electron chi connectivity index (χ4n) is 5.10. The van der Waals surface area contributed by atoms with Gasteiger partial charge in [-0.3, -0.25) is 14.2 Å². The standard InChI is InChI=1S/C35H27Cl2N3O4S/c1-21-31(33(41)39-26-10-4-3-5-11-26)32(23-9-7-12-27(18-23)43-2)40-34(42)30(45-35(40)38-21)17-22-8-6-13-28(16-22)44-20-24-14-15-25(36)19-29(24)37/h3-19,32H,20H2,1-2H3,(H,39,41)/b30-17-/t32-/m0/s1. The van der Waals surface area contributed by atoms with Crippen molar-refractivity contribution in [2.45, 2.75) is 19.6 Å². The summed E-state index contributed by atoms with van der Waals surface area (Å²) in [5, 5.41) is 4.05. The minimum atomic E-state index is -0.721. The van der Waals surface area contributed by atoms with Gasteiger partial charge >= 0.3 is 0 Å². The first-order valence-electron chi connectivity index (χ1n) is 14.0. The first kappa shape index (κ1) is 30.4. The number of anilines is 1. The van der Waals surface area contributed by atoms with Crippen molar-refractivity contribution in [1.82, 2.24) is 4.57 Å². The quantitative estimate of drug-likeness (QED) is 0.200. The molecule has 0 bridgehead atoms. The van der Waals surface area contributed by atoms with E-state index in [-0.39, 0.29) is 18.1 Å². The molecule has 1 aromatic heterocycles. The number of rotatable bonds is 8. The molecule has 0 fully saturated rings. The van der Waals surface area contributed by atoms with Crippen LogP contribution in [-0.4, -0.2) is 17.6 Å². The van der Waals surface area contributed by atoms with E-state index in [0.717, 1.165) is 16.7 Å². The molecule has 0 saturated carbocycles. The normalized spacial score (nSPS) is 14.5. The Labute approximate surface area is 273 Å². The number of nitrogens with one attached hydrogen (secondary N) is 1. The van der Waals surface area contributed by atoms with Crippen molar-refractivity contribution in [3.63, 3.8) is 0 Å². The summed E-state index contributed by atoms with van der Waals surface area (Å²) >= 11 is 13.6. The molecule has 2 heterocycles. The van der Waals surface area contributed by atoms with Crippen LogP contribution in [0.3, 0.4) is 0 Å². The number of carbonyl (C=O) groups excluding carboxylic acids is 1. The lowest BCUT2D eigenvalue weighted by molar-refractivity contribution is -0.113. The van der Waals surface area contributed by atoms with Gasteiger partial charge in [-0.2, -0.15) is 0 Å². The number of hydrogen-bond donors (Lipinski definition) is 1. The molecule has 10 heteroatoms. The van der Waals surface area contributed by atoms with Gasteiger partial charge in [0.15, 0.2) is 4.80 Å². The van der Waals surface area contributed by atoms with E-state index in [2.05, 4.69) is 5.32 Å². The number of benzene rings is 4. The van der Waals surface area contributed by atoms with Gasteiger partial charge in [-0.05, 0) is 72.7 Å². The van der Waals surface area contributed by atoms with E-state index >= 15 is 0 Å². The van der Waals surface area contributed by atoms with Crippen molar-refractivity contribution in [2.24, 2.45) is 4.99 Å². The van der Waals surface area contributed by atoms with Crippen molar-refractivity contribution in [3.8, 4) is 11.5 Å². The summed E-state index contributed by atoms with van der Waals surface area (Å²) in [4.78, 5) is 33.1. The number of para-hydroxylation sites is 1. The number of aromatic nitrogens is 1. The fraction of sp³-hybridized carbons (Fsp3) is 0.114. The van der Waals surface area contributed by atoms with Gasteiger partial charge in [0.05, 0.1) is 29.0 Å². The van der Waals surface area contributed by atoms with E-state index in [1.54, 1.807) is 36.8 Å². The summed E-state index contributed by atoms with van der Waals surface area (Å²) < 4.78 is 13.5. The molecular weight excluding hydrogens is 629 g/mol. The zero-order valence-electron chi connectivity index (χ0n) is 24.3. The maximum absolute atomic E-state index is 14.1. The van der Waals surface area contributed by atoms with Crippen LogP contribution in [0, 0.1) is 0 Å². The predicted molar refractivity (Wildman–Crippen MR) is 179 cm³/mol. The van der Waals surface area contributed by atoms with Crippen LogP contribution in [0.1, 0.15) is 29.7 Å². The molecule has 6 rings (SSSR count). The molecule has 0 saturated heterocycles. The lowest BCUT2D eigenvalue weighted by atomic mass is 9.95. The molecule has 1 aliphatic rings. The number of nitrogens with zero attached hydrogens (tertiary/aromatic N) is 2.